The number of ether oxygens (including phenoxy) is 1. The van der Waals surface area contributed by atoms with Gasteiger partial charge in [0.05, 0.1) is 6.54 Å². The van der Waals surface area contributed by atoms with Gasteiger partial charge in [0.2, 0.25) is 0 Å². The van der Waals surface area contributed by atoms with E-state index in [2.05, 4.69) is 27.7 Å². The lowest BCUT2D eigenvalue weighted by Crippen LogP contribution is -2.57. The Labute approximate surface area is 143 Å². The van der Waals surface area contributed by atoms with Crippen LogP contribution in [0.15, 0.2) is 0 Å². The molecule has 1 saturated carbocycles. The van der Waals surface area contributed by atoms with Crippen LogP contribution in [0.25, 0.3) is 0 Å². The molecule has 3 unspecified atom stereocenters. The molecule has 0 N–H and O–H groups in total. The first-order chi connectivity index (χ1) is 10.6. The highest BCUT2D eigenvalue weighted by Gasteiger charge is 2.34. The van der Waals surface area contributed by atoms with Gasteiger partial charge in [-0.2, -0.15) is 0 Å². The van der Waals surface area contributed by atoms with Crippen molar-refractivity contribution in [1.29, 1.82) is 0 Å². The Morgan fingerprint density at radius 2 is 1.57 bits per heavy atom. The molecular formula is C20H39NO2. The zero-order valence-corrected chi connectivity index (χ0v) is 16.3. The van der Waals surface area contributed by atoms with E-state index in [0.717, 1.165) is 18.4 Å². The van der Waals surface area contributed by atoms with Crippen molar-refractivity contribution in [2.45, 2.75) is 85.9 Å². The Bertz CT molecular complexity index is 358. The van der Waals surface area contributed by atoms with Crippen LogP contribution in [0, 0.1) is 28.4 Å². The maximum absolute atomic E-state index is 13.0. The lowest BCUT2D eigenvalue weighted by atomic mass is 9.68. The predicted octanol–water partition coefficient (Wildman–Crippen LogP) is 4.99. The standard InChI is InChI=1S/C20H39NO2/c1-15(12-21(22)13-16(2)23-17(3)14-21)11-18-7-9-19(10-8-18)20(4,5)6/h15-19H,7-14H2,1-6H3. The summed E-state index contributed by atoms with van der Waals surface area (Å²) < 4.78 is 5.70. The smallest absolute Gasteiger partial charge is 0.105 e. The predicted molar refractivity (Wildman–Crippen MR) is 96.9 cm³/mol. The molecule has 3 nitrogen and oxygen atoms in total. The van der Waals surface area contributed by atoms with Crippen LogP contribution < -0.4 is 0 Å². The first-order valence-electron chi connectivity index (χ1n) is 9.80. The van der Waals surface area contributed by atoms with Crippen molar-refractivity contribution in [3.8, 4) is 0 Å². The fraction of sp³-hybridized carbons (Fsp3) is 1.00. The van der Waals surface area contributed by atoms with Gasteiger partial charge in [-0.3, -0.25) is 0 Å². The minimum absolute atomic E-state index is 0.0408. The van der Waals surface area contributed by atoms with Crippen molar-refractivity contribution in [2.75, 3.05) is 19.6 Å². The molecule has 1 aliphatic carbocycles. The number of rotatable bonds is 4. The fourth-order valence-electron chi connectivity index (χ4n) is 5.12. The molecule has 3 atom stereocenters. The highest BCUT2D eigenvalue weighted by atomic mass is 16.6. The molecule has 0 bridgehead atoms. The number of hydrogen-bond acceptors (Lipinski definition) is 2. The van der Waals surface area contributed by atoms with Crippen molar-refractivity contribution in [2.24, 2.45) is 23.2 Å². The normalized spacial score (nSPS) is 40.8. The van der Waals surface area contributed by atoms with E-state index in [1.54, 1.807) is 0 Å². The van der Waals surface area contributed by atoms with Crippen LogP contribution in [-0.2, 0) is 4.74 Å². The topological polar surface area (TPSA) is 32.3 Å². The van der Waals surface area contributed by atoms with E-state index < -0.39 is 0 Å². The van der Waals surface area contributed by atoms with E-state index in [9.17, 15) is 5.21 Å². The van der Waals surface area contributed by atoms with E-state index in [1.165, 1.54) is 32.1 Å². The van der Waals surface area contributed by atoms with Gasteiger partial charge in [-0.15, -0.1) is 0 Å². The summed E-state index contributed by atoms with van der Waals surface area (Å²) in [5.41, 5.74) is 0.459. The number of hydrogen-bond donors (Lipinski definition) is 0. The van der Waals surface area contributed by atoms with Crippen LogP contribution in [0.5, 0.6) is 0 Å². The van der Waals surface area contributed by atoms with Gasteiger partial charge in [0.1, 0.15) is 25.3 Å². The Balaban J connectivity index is 1.78. The molecule has 0 radical (unpaired) electrons. The summed E-state index contributed by atoms with van der Waals surface area (Å²) in [6.07, 6.45) is 6.92. The lowest BCUT2D eigenvalue weighted by Gasteiger charge is -2.50. The molecule has 2 fully saturated rings. The van der Waals surface area contributed by atoms with E-state index in [-0.39, 0.29) is 16.9 Å². The monoisotopic (exact) mass is 325 g/mol. The molecule has 0 spiro atoms. The second-order valence-corrected chi connectivity index (χ2v) is 9.79. The molecule has 2 rings (SSSR count). The van der Waals surface area contributed by atoms with Crippen LogP contribution >= 0.6 is 0 Å². The molecule has 136 valence electrons. The Morgan fingerprint density at radius 3 is 2.04 bits per heavy atom. The summed E-state index contributed by atoms with van der Waals surface area (Å²) in [7, 11) is 0. The maximum atomic E-state index is 13.0. The summed E-state index contributed by atoms with van der Waals surface area (Å²) in [6.45, 7) is 15.6. The van der Waals surface area contributed by atoms with Crippen molar-refractivity contribution in [1.82, 2.24) is 0 Å². The molecule has 23 heavy (non-hydrogen) atoms. The second-order valence-electron chi connectivity index (χ2n) is 9.79. The molecule has 0 aromatic heterocycles. The Morgan fingerprint density at radius 1 is 1.04 bits per heavy atom. The minimum Gasteiger partial charge on any atom is -0.633 e. The van der Waals surface area contributed by atoms with Crippen molar-refractivity contribution in [3.05, 3.63) is 5.21 Å². The summed E-state index contributed by atoms with van der Waals surface area (Å²) >= 11 is 0. The van der Waals surface area contributed by atoms with Gasteiger partial charge >= 0.3 is 0 Å². The zero-order valence-electron chi connectivity index (χ0n) is 16.3. The molecule has 0 aromatic carbocycles. The summed E-state index contributed by atoms with van der Waals surface area (Å²) in [5.74, 6) is 2.25. The highest BCUT2D eigenvalue weighted by molar-refractivity contribution is 4.81. The quantitative estimate of drug-likeness (QED) is 0.539. The van der Waals surface area contributed by atoms with Crippen molar-refractivity contribution < 1.29 is 9.38 Å². The largest absolute Gasteiger partial charge is 0.633 e. The first-order valence-corrected chi connectivity index (χ1v) is 9.80. The third-order valence-electron chi connectivity index (χ3n) is 6.10. The van der Waals surface area contributed by atoms with Gasteiger partial charge < -0.3 is 14.6 Å². The molecule has 1 heterocycles. The van der Waals surface area contributed by atoms with E-state index in [1.807, 2.05) is 13.8 Å². The van der Waals surface area contributed by atoms with Crippen LogP contribution in [-0.4, -0.2) is 36.5 Å². The van der Waals surface area contributed by atoms with Crippen molar-refractivity contribution in [3.63, 3.8) is 0 Å². The molecule has 0 aromatic rings. The summed E-state index contributed by atoms with van der Waals surface area (Å²) in [4.78, 5) is 0. The van der Waals surface area contributed by atoms with Gasteiger partial charge in [-0.25, -0.2) is 0 Å². The van der Waals surface area contributed by atoms with Gasteiger partial charge in [-0.1, -0.05) is 40.5 Å². The van der Waals surface area contributed by atoms with Gasteiger partial charge in [-0.05, 0) is 50.4 Å². The van der Waals surface area contributed by atoms with E-state index in [4.69, 9.17) is 4.74 Å². The zero-order chi connectivity index (χ0) is 17.3. The average molecular weight is 326 g/mol. The SMILES string of the molecule is CC(CC1CCC(C(C)(C)C)CC1)C[N+]1([O-])CC(C)OC(C)C1. The molecular weight excluding hydrogens is 286 g/mol. The Kier molecular flexibility index (Phi) is 6.19. The van der Waals surface area contributed by atoms with E-state index in [0.29, 0.717) is 24.4 Å². The number of nitrogens with zero attached hydrogens (tertiary/aromatic N) is 1. The number of morpholine rings is 1. The molecule has 3 heteroatoms. The fourth-order valence-corrected chi connectivity index (χ4v) is 5.12. The summed E-state index contributed by atoms with van der Waals surface area (Å²) in [5, 5.41) is 13.0. The molecule has 1 saturated heterocycles. The third-order valence-corrected chi connectivity index (χ3v) is 6.10. The highest BCUT2D eigenvalue weighted by Crippen LogP contribution is 2.41. The Hall–Kier alpha value is -0.120. The van der Waals surface area contributed by atoms with Gasteiger partial charge in [0, 0.05) is 5.92 Å². The molecule has 2 aliphatic rings. The van der Waals surface area contributed by atoms with Crippen LogP contribution in [0.4, 0.5) is 0 Å². The van der Waals surface area contributed by atoms with Crippen LogP contribution in [0.3, 0.4) is 0 Å². The second kappa shape index (κ2) is 7.41. The maximum Gasteiger partial charge on any atom is 0.105 e. The number of quaternary nitrogens is 1. The average Bonchev–Trinajstić information content (AvgIpc) is 2.35. The van der Waals surface area contributed by atoms with Gasteiger partial charge in [0.25, 0.3) is 0 Å². The number of hydroxylamine groups is 3. The molecule has 0 amide bonds. The summed E-state index contributed by atoms with van der Waals surface area (Å²) in [6, 6.07) is 0. The molecule has 1 aliphatic heterocycles. The van der Waals surface area contributed by atoms with E-state index >= 15 is 0 Å². The minimum atomic E-state index is -0.0408. The third kappa shape index (κ3) is 5.72. The lowest BCUT2D eigenvalue weighted by molar-refractivity contribution is -0.898. The van der Waals surface area contributed by atoms with Crippen LogP contribution in [0.1, 0.15) is 73.6 Å². The van der Waals surface area contributed by atoms with Crippen LogP contribution in [0.2, 0.25) is 0 Å². The first kappa shape index (κ1) is 19.2. The van der Waals surface area contributed by atoms with Gasteiger partial charge in [0.15, 0.2) is 0 Å². The van der Waals surface area contributed by atoms with Crippen molar-refractivity contribution >= 4 is 0 Å².